The van der Waals surface area contributed by atoms with E-state index < -0.39 is 0 Å². The average molecular weight is 344 g/mol. The third-order valence-corrected chi connectivity index (χ3v) is 3.86. The van der Waals surface area contributed by atoms with E-state index in [1.807, 2.05) is 38.1 Å². The zero-order valence-electron chi connectivity index (χ0n) is 13.5. The number of carbonyl (C=O) groups is 1. The molecule has 3 aromatic rings. The highest BCUT2D eigenvalue weighted by Crippen LogP contribution is 2.25. The molecule has 1 amide bonds. The summed E-state index contributed by atoms with van der Waals surface area (Å²) in [6, 6.07) is 10.9. The summed E-state index contributed by atoms with van der Waals surface area (Å²) in [6.45, 7) is 4.40. The smallest absolute Gasteiger partial charge is 0.274 e. The highest BCUT2D eigenvalue weighted by atomic mass is 35.5. The van der Waals surface area contributed by atoms with Gasteiger partial charge >= 0.3 is 0 Å². The molecule has 0 fully saturated rings. The number of imidazole rings is 1. The molecule has 0 unspecified atom stereocenters. The van der Waals surface area contributed by atoms with Gasteiger partial charge in [-0.2, -0.15) is 0 Å². The van der Waals surface area contributed by atoms with Crippen LogP contribution in [0.2, 0.25) is 5.02 Å². The van der Waals surface area contributed by atoms with Gasteiger partial charge in [-0.1, -0.05) is 30.7 Å². The summed E-state index contributed by atoms with van der Waals surface area (Å²) in [5, 5.41) is 3.46. The first-order valence-electron chi connectivity index (χ1n) is 7.83. The van der Waals surface area contributed by atoms with Crippen LogP contribution in [0.25, 0.3) is 5.65 Å². The Kier molecular flexibility index (Phi) is 4.71. The van der Waals surface area contributed by atoms with Gasteiger partial charge in [0.15, 0.2) is 0 Å². The number of aromatic nitrogens is 2. The van der Waals surface area contributed by atoms with Crippen LogP contribution in [0.1, 0.15) is 30.0 Å². The summed E-state index contributed by atoms with van der Waals surface area (Å²) >= 11 is 6.07. The molecule has 0 bridgehead atoms. The number of para-hydroxylation sites is 2. The molecule has 0 spiro atoms. The topological polar surface area (TPSA) is 55.6 Å². The summed E-state index contributed by atoms with van der Waals surface area (Å²) in [6.07, 6.45) is 2.35. The Morgan fingerprint density at radius 1 is 1.25 bits per heavy atom. The van der Waals surface area contributed by atoms with Crippen LogP contribution in [0.5, 0.6) is 5.75 Å². The standard InChI is InChI=1S/C18H18ClN3O2/c1-3-13-17(22-11-12(19)9-10-16(22)20-13)18(23)21-14-7-5-6-8-15(14)24-4-2/h5-11H,3-4H2,1-2H3,(H,21,23). The van der Waals surface area contributed by atoms with E-state index in [2.05, 4.69) is 10.3 Å². The fourth-order valence-electron chi connectivity index (χ4n) is 2.59. The molecular formula is C18H18ClN3O2. The lowest BCUT2D eigenvalue weighted by atomic mass is 10.2. The van der Waals surface area contributed by atoms with Crippen molar-refractivity contribution < 1.29 is 9.53 Å². The molecule has 5 nitrogen and oxygen atoms in total. The molecule has 2 heterocycles. The first kappa shape index (κ1) is 16.3. The predicted molar refractivity (Wildman–Crippen MR) is 95.1 cm³/mol. The number of fused-ring (bicyclic) bond motifs is 1. The van der Waals surface area contributed by atoms with Crippen LogP contribution in [0.4, 0.5) is 5.69 Å². The number of rotatable bonds is 5. The Hall–Kier alpha value is -2.53. The predicted octanol–water partition coefficient (Wildman–Crippen LogP) is 4.20. The largest absolute Gasteiger partial charge is 0.492 e. The fraction of sp³-hybridized carbons (Fsp3) is 0.222. The number of hydrogen-bond donors (Lipinski definition) is 1. The first-order chi connectivity index (χ1) is 11.6. The van der Waals surface area contributed by atoms with Crippen LogP contribution in [0, 0.1) is 0 Å². The van der Waals surface area contributed by atoms with Crippen molar-refractivity contribution in [2.75, 3.05) is 11.9 Å². The lowest BCUT2D eigenvalue weighted by molar-refractivity contribution is 0.102. The molecule has 124 valence electrons. The molecule has 0 aliphatic carbocycles. The monoisotopic (exact) mass is 343 g/mol. The summed E-state index contributed by atoms with van der Waals surface area (Å²) in [5.41, 5.74) is 2.54. The lowest BCUT2D eigenvalue weighted by Gasteiger charge is -2.11. The molecule has 3 rings (SSSR count). The van der Waals surface area contributed by atoms with Crippen molar-refractivity contribution in [3.05, 3.63) is 59.0 Å². The minimum Gasteiger partial charge on any atom is -0.492 e. The molecule has 1 aromatic carbocycles. The number of benzene rings is 1. The van der Waals surface area contributed by atoms with Gasteiger partial charge in [0.2, 0.25) is 0 Å². The summed E-state index contributed by atoms with van der Waals surface area (Å²) < 4.78 is 7.28. The number of hydrogen-bond acceptors (Lipinski definition) is 3. The van der Waals surface area contributed by atoms with E-state index in [9.17, 15) is 4.79 Å². The maximum Gasteiger partial charge on any atom is 0.274 e. The highest BCUT2D eigenvalue weighted by molar-refractivity contribution is 6.30. The molecular weight excluding hydrogens is 326 g/mol. The van der Waals surface area contributed by atoms with E-state index in [0.29, 0.717) is 40.8 Å². The zero-order chi connectivity index (χ0) is 17.1. The van der Waals surface area contributed by atoms with Gasteiger partial charge in [0, 0.05) is 6.20 Å². The second kappa shape index (κ2) is 6.93. The number of anilines is 1. The Morgan fingerprint density at radius 2 is 2.04 bits per heavy atom. The SMILES string of the molecule is CCOc1ccccc1NC(=O)c1c(CC)nc2ccc(Cl)cn12. The highest BCUT2D eigenvalue weighted by Gasteiger charge is 2.19. The lowest BCUT2D eigenvalue weighted by Crippen LogP contribution is -2.17. The van der Waals surface area contributed by atoms with Crippen molar-refractivity contribution in [1.29, 1.82) is 0 Å². The van der Waals surface area contributed by atoms with E-state index >= 15 is 0 Å². The van der Waals surface area contributed by atoms with Gasteiger partial charge in [0.05, 0.1) is 23.0 Å². The summed E-state index contributed by atoms with van der Waals surface area (Å²) in [5.74, 6) is 0.395. The van der Waals surface area contributed by atoms with Gasteiger partial charge in [-0.25, -0.2) is 4.98 Å². The van der Waals surface area contributed by atoms with Crippen molar-refractivity contribution in [1.82, 2.24) is 9.38 Å². The quantitative estimate of drug-likeness (QED) is 0.755. The third-order valence-electron chi connectivity index (χ3n) is 3.64. The van der Waals surface area contributed by atoms with Crippen molar-refractivity contribution in [2.24, 2.45) is 0 Å². The number of aryl methyl sites for hydroxylation is 1. The van der Waals surface area contributed by atoms with Crippen LogP contribution >= 0.6 is 11.6 Å². The van der Waals surface area contributed by atoms with Crippen molar-refractivity contribution in [3.8, 4) is 5.75 Å². The number of carbonyl (C=O) groups excluding carboxylic acids is 1. The maximum absolute atomic E-state index is 12.9. The van der Waals surface area contributed by atoms with E-state index in [4.69, 9.17) is 16.3 Å². The van der Waals surface area contributed by atoms with Crippen molar-refractivity contribution in [2.45, 2.75) is 20.3 Å². The summed E-state index contributed by atoms with van der Waals surface area (Å²) in [7, 11) is 0. The van der Waals surface area contributed by atoms with Gasteiger partial charge < -0.3 is 10.1 Å². The van der Waals surface area contributed by atoms with Gasteiger partial charge in [-0.3, -0.25) is 9.20 Å². The molecule has 0 radical (unpaired) electrons. The Bertz CT molecular complexity index is 889. The minimum absolute atomic E-state index is 0.242. The summed E-state index contributed by atoms with van der Waals surface area (Å²) in [4.78, 5) is 17.4. The molecule has 24 heavy (non-hydrogen) atoms. The van der Waals surface area contributed by atoms with E-state index in [1.54, 1.807) is 22.7 Å². The molecule has 2 aromatic heterocycles. The van der Waals surface area contributed by atoms with Crippen LogP contribution in [-0.2, 0) is 6.42 Å². The number of halogens is 1. The van der Waals surface area contributed by atoms with E-state index in [0.717, 1.165) is 5.69 Å². The molecule has 0 saturated carbocycles. The fourth-order valence-corrected chi connectivity index (χ4v) is 2.75. The van der Waals surface area contributed by atoms with E-state index in [1.165, 1.54) is 0 Å². The second-order valence-corrected chi connectivity index (χ2v) is 5.66. The second-order valence-electron chi connectivity index (χ2n) is 5.22. The van der Waals surface area contributed by atoms with Gasteiger partial charge in [-0.05, 0) is 37.6 Å². The number of nitrogens with zero attached hydrogens (tertiary/aromatic N) is 2. The molecule has 0 atom stereocenters. The average Bonchev–Trinajstić information content (AvgIpc) is 2.94. The van der Waals surface area contributed by atoms with Crippen LogP contribution < -0.4 is 10.1 Å². The number of nitrogens with one attached hydrogen (secondary N) is 1. The maximum atomic E-state index is 12.9. The Morgan fingerprint density at radius 3 is 2.79 bits per heavy atom. The van der Waals surface area contributed by atoms with Crippen molar-refractivity contribution >= 4 is 28.8 Å². The van der Waals surface area contributed by atoms with Crippen LogP contribution in [0.3, 0.4) is 0 Å². The van der Waals surface area contributed by atoms with Crippen LogP contribution in [0.15, 0.2) is 42.6 Å². The van der Waals surface area contributed by atoms with E-state index in [-0.39, 0.29) is 5.91 Å². The number of amides is 1. The molecule has 1 N–H and O–H groups in total. The number of pyridine rings is 1. The van der Waals surface area contributed by atoms with Crippen LogP contribution in [-0.4, -0.2) is 21.9 Å². The normalized spacial score (nSPS) is 10.8. The Labute approximate surface area is 145 Å². The van der Waals surface area contributed by atoms with Gasteiger partial charge in [0.1, 0.15) is 17.1 Å². The van der Waals surface area contributed by atoms with Gasteiger partial charge in [0.25, 0.3) is 5.91 Å². The molecule has 0 aliphatic rings. The van der Waals surface area contributed by atoms with Crippen molar-refractivity contribution in [3.63, 3.8) is 0 Å². The zero-order valence-corrected chi connectivity index (χ0v) is 14.3. The number of ether oxygens (including phenoxy) is 1. The molecule has 0 saturated heterocycles. The first-order valence-corrected chi connectivity index (χ1v) is 8.21. The minimum atomic E-state index is -0.242. The molecule has 0 aliphatic heterocycles. The Balaban J connectivity index is 2.01. The van der Waals surface area contributed by atoms with Gasteiger partial charge in [-0.15, -0.1) is 0 Å². The third kappa shape index (κ3) is 3.08. The molecule has 6 heteroatoms.